The second kappa shape index (κ2) is 5.68. The van der Waals surface area contributed by atoms with Crippen LogP contribution >= 0.6 is 11.6 Å². The lowest BCUT2D eigenvalue weighted by Crippen LogP contribution is -2.33. The van der Waals surface area contributed by atoms with Crippen molar-refractivity contribution < 1.29 is 18.0 Å². The monoisotopic (exact) mass is 298 g/mol. The molecule has 2 amide bonds. The Morgan fingerprint density at radius 2 is 2.05 bits per heavy atom. The zero-order chi connectivity index (χ0) is 14.8. The van der Waals surface area contributed by atoms with E-state index in [1.807, 2.05) is 0 Å². The van der Waals surface area contributed by atoms with Crippen LogP contribution in [-0.4, -0.2) is 22.9 Å². The molecule has 0 spiro atoms. The number of carbonyl (C=O) groups excluding carboxylic acids is 1. The van der Waals surface area contributed by atoms with Gasteiger partial charge in [0.1, 0.15) is 0 Å². The Balaban J connectivity index is 3.14. The van der Waals surface area contributed by atoms with E-state index >= 15 is 0 Å². The summed E-state index contributed by atoms with van der Waals surface area (Å²) in [6.07, 6.45) is -4.63. The highest BCUT2D eigenvalue weighted by Gasteiger charge is 2.39. The fraction of sp³-hybridized carbons (Fsp3) is 0.600. The third-order valence-electron chi connectivity index (χ3n) is 2.35. The smallest absolute Gasteiger partial charge is 0.341 e. The zero-order valence-corrected chi connectivity index (χ0v) is 11.4. The van der Waals surface area contributed by atoms with E-state index in [1.54, 1.807) is 13.8 Å². The van der Waals surface area contributed by atoms with Crippen molar-refractivity contribution in [2.75, 3.05) is 7.05 Å². The molecule has 0 unspecified atom stereocenters. The number of carbonyl (C=O) groups is 1. The second-order valence-electron chi connectivity index (χ2n) is 4.08. The molecule has 0 bridgehead atoms. The van der Waals surface area contributed by atoms with Crippen molar-refractivity contribution in [1.29, 1.82) is 0 Å². The third kappa shape index (κ3) is 3.52. The van der Waals surface area contributed by atoms with Crippen molar-refractivity contribution in [3.8, 4) is 0 Å². The number of nitrogens with one attached hydrogen (secondary N) is 2. The molecule has 0 radical (unpaired) electrons. The molecule has 1 aromatic heterocycles. The van der Waals surface area contributed by atoms with Gasteiger partial charge in [0.15, 0.2) is 5.69 Å². The molecule has 0 aromatic carbocycles. The molecular formula is C10H14ClF3N4O. The lowest BCUT2D eigenvalue weighted by molar-refractivity contribution is -0.141. The topological polar surface area (TPSA) is 59.0 Å². The Morgan fingerprint density at radius 3 is 2.47 bits per heavy atom. The standard InChI is InChI=1S/C10H14ClF3N4O/c1-5(2)18-6(4-16-9(19)15-3)7(11)8(17-18)10(12,13)14/h5H,4H2,1-3H3,(H2,15,16,19). The Morgan fingerprint density at radius 1 is 1.47 bits per heavy atom. The van der Waals surface area contributed by atoms with Gasteiger partial charge in [-0.25, -0.2) is 4.79 Å². The van der Waals surface area contributed by atoms with Gasteiger partial charge in [-0.05, 0) is 13.8 Å². The minimum atomic E-state index is -4.63. The summed E-state index contributed by atoms with van der Waals surface area (Å²) in [5.74, 6) is 0. The quantitative estimate of drug-likeness (QED) is 0.901. The molecule has 0 aliphatic rings. The summed E-state index contributed by atoms with van der Waals surface area (Å²) in [5.41, 5.74) is -1.02. The van der Waals surface area contributed by atoms with Gasteiger partial charge in [-0.3, -0.25) is 4.68 Å². The molecule has 108 valence electrons. The van der Waals surface area contributed by atoms with Crippen LogP contribution in [0.5, 0.6) is 0 Å². The maximum absolute atomic E-state index is 12.7. The van der Waals surface area contributed by atoms with E-state index in [1.165, 1.54) is 7.05 Å². The summed E-state index contributed by atoms with van der Waals surface area (Å²) < 4.78 is 39.3. The van der Waals surface area contributed by atoms with Crippen LogP contribution in [0.1, 0.15) is 31.3 Å². The molecule has 0 saturated carbocycles. The Labute approximate surface area is 113 Å². The van der Waals surface area contributed by atoms with Gasteiger partial charge >= 0.3 is 12.2 Å². The van der Waals surface area contributed by atoms with Gasteiger partial charge in [0.25, 0.3) is 0 Å². The number of amides is 2. The second-order valence-corrected chi connectivity index (χ2v) is 4.46. The molecule has 1 rings (SSSR count). The Kier molecular flexibility index (Phi) is 4.67. The minimum absolute atomic E-state index is 0.118. The molecule has 2 N–H and O–H groups in total. The van der Waals surface area contributed by atoms with E-state index in [0.29, 0.717) is 0 Å². The number of alkyl halides is 3. The highest BCUT2D eigenvalue weighted by atomic mass is 35.5. The summed E-state index contributed by atoms with van der Waals surface area (Å²) in [4.78, 5) is 11.1. The van der Waals surface area contributed by atoms with E-state index in [0.717, 1.165) is 4.68 Å². The van der Waals surface area contributed by atoms with Crippen LogP contribution in [0.15, 0.2) is 0 Å². The van der Waals surface area contributed by atoms with Gasteiger partial charge in [-0.2, -0.15) is 18.3 Å². The van der Waals surface area contributed by atoms with Crippen LogP contribution in [0.3, 0.4) is 0 Å². The van der Waals surface area contributed by atoms with Crippen LogP contribution in [0.2, 0.25) is 5.02 Å². The van der Waals surface area contributed by atoms with E-state index in [4.69, 9.17) is 11.6 Å². The van der Waals surface area contributed by atoms with Crippen molar-refractivity contribution in [3.05, 3.63) is 16.4 Å². The Bertz CT molecular complexity index is 470. The predicted molar refractivity (Wildman–Crippen MR) is 63.9 cm³/mol. The summed E-state index contributed by atoms with van der Waals surface area (Å²) in [5, 5.41) is 7.67. The van der Waals surface area contributed by atoms with Gasteiger partial charge in [-0.15, -0.1) is 0 Å². The fourth-order valence-corrected chi connectivity index (χ4v) is 1.77. The molecular weight excluding hydrogens is 285 g/mol. The van der Waals surface area contributed by atoms with Gasteiger partial charge in [0.2, 0.25) is 0 Å². The largest absolute Gasteiger partial charge is 0.436 e. The highest BCUT2D eigenvalue weighted by molar-refractivity contribution is 6.32. The lowest BCUT2D eigenvalue weighted by Gasteiger charge is -2.11. The fourth-order valence-electron chi connectivity index (χ4n) is 1.47. The molecule has 0 saturated heterocycles. The molecule has 0 aliphatic heterocycles. The number of urea groups is 1. The number of hydrogen-bond acceptors (Lipinski definition) is 2. The van der Waals surface area contributed by atoms with Gasteiger partial charge in [-0.1, -0.05) is 11.6 Å². The average molecular weight is 299 g/mol. The lowest BCUT2D eigenvalue weighted by atomic mass is 10.3. The summed E-state index contributed by atoms with van der Waals surface area (Å²) in [6.45, 7) is 3.21. The first-order chi connectivity index (χ1) is 8.68. The first-order valence-electron chi connectivity index (χ1n) is 5.48. The van der Waals surface area contributed by atoms with Crippen LogP contribution in [-0.2, 0) is 12.7 Å². The van der Waals surface area contributed by atoms with E-state index in [-0.39, 0.29) is 18.3 Å². The maximum atomic E-state index is 12.7. The van der Waals surface area contributed by atoms with Gasteiger partial charge in [0, 0.05) is 13.1 Å². The average Bonchev–Trinajstić information content (AvgIpc) is 2.63. The minimum Gasteiger partial charge on any atom is -0.341 e. The molecule has 5 nitrogen and oxygen atoms in total. The first kappa shape index (κ1) is 15.6. The van der Waals surface area contributed by atoms with E-state index in [9.17, 15) is 18.0 Å². The van der Waals surface area contributed by atoms with Crippen molar-refractivity contribution in [2.45, 2.75) is 32.6 Å². The highest BCUT2D eigenvalue weighted by Crippen LogP contribution is 2.36. The van der Waals surface area contributed by atoms with Crippen molar-refractivity contribution >= 4 is 17.6 Å². The van der Waals surface area contributed by atoms with E-state index in [2.05, 4.69) is 15.7 Å². The SMILES string of the molecule is CNC(=O)NCc1c(Cl)c(C(F)(F)F)nn1C(C)C. The number of aromatic nitrogens is 2. The van der Waals surface area contributed by atoms with Crippen molar-refractivity contribution in [1.82, 2.24) is 20.4 Å². The van der Waals surface area contributed by atoms with Crippen molar-refractivity contribution in [2.24, 2.45) is 0 Å². The van der Waals surface area contributed by atoms with Gasteiger partial charge in [0.05, 0.1) is 17.3 Å². The molecule has 1 heterocycles. The number of nitrogens with zero attached hydrogens (tertiary/aromatic N) is 2. The van der Waals surface area contributed by atoms with E-state index < -0.39 is 22.9 Å². The molecule has 19 heavy (non-hydrogen) atoms. The number of halogens is 4. The van der Waals surface area contributed by atoms with Crippen LogP contribution in [0.25, 0.3) is 0 Å². The van der Waals surface area contributed by atoms with Gasteiger partial charge < -0.3 is 10.6 Å². The summed E-state index contributed by atoms with van der Waals surface area (Å²) in [7, 11) is 1.40. The summed E-state index contributed by atoms with van der Waals surface area (Å²) >= 11 is 5.71. The molecule has 0 aliphatic carbocycles. The molecule has 9 heteroatoms. The van der Waals surface area contributed by atoms with Crippen molar-refractivity contribution in [3.63, 3.8) is 0 Å². The zero-order valence-electron chi connectivity index (χ0n) is 10.6. The predicted octanol–water partition coefficient (Wildman–Crippen LogP) is 2.57. The van der Waals surface area contributed by atoms with Crippen LogP contribution in [0, 0.1) is 0 Å². The van der Waals surface area contributed by atoms with Crippen LogP contribution < -0.4 is 10.6 Å². The molecule has 0 atom stereocenters. The molecule has 0 fully saturated rings. The number of hydrogen-bond donors (Lipinski definition) is 2. The summed E-state index contributed by atoms with van der Waals surface area (Å²) in [6, 6.07) is -0.823. The third-order valence-corrected chi connectivity index (χ3v) is 2.74. The normalized spacial score (nSPS) is 11.8. The molecule has 1 aromatic rings. The van der Waals surface area contributed by atoms with Crippen LogP contribution in [0.4, 0.5) is 18.0 Å². The maximum Gasteiger partial charge on any atom is 0.436 e. The first-order valence-corrected chi connectivity index (χ1v) is 5.86. The number of rotatable bonds is 3. The Hall–Kier alpha value is -1.44.